The van der Waals surface area contributed by atoms with Crippen molar-refractivity contribution < 1.29 is 13.2 Å². The number of hydrogen-bond donors (Lipinski definition) is 2. The zero-order valence-corrected chi connectivity index (χ0v) is 11.9. The molecular weight excluding hydrogens is 264 g/mol. The average Bonchev–Trinajstić information content (AvgIpc) is 2.43. The van der Waals surface area contributed by atoms with E-state index in [1.807, 2.05) is 12.1 Å². The third-order valence-corrected chi connectivity index (χ3v) is 4.49. The summed E-state index contributed by atoms with van der Waals surface area (Å²) in [6.45, 7) is 1.48. The molecule has 1 aliphatic heterocycles. The van der Waals surface area contributed by atoms with Crippen LogP contribution in [0, 0.1) is 0 Å². The Hall–Kier alpha value is -1.11. The standard InChI is InChI=1S/C13H20N2O3S/c1-18-8-9-19(16,17)15-10-12-5-2-4-11-6-3-7-14-13(11)12/h2,4-5,14-15H,3,6-10H2,1H3. The van der Waals surface area contributed by atoms with Crippen molar-refractivity contribution in [1.29, 1.82) is 0 Å². The molecule has 0 spiro atoms. The van der Waals surface area contributed by atoms with Crippen LogP contribution in [0.2, 0.25) is 0 Å². The number of hydrogen-bond acceptors (Lipinski definition) is 4. The summed E-state index contributed by atoms with van der Waals surface area (Å²) in [7, 11) is -1.78. The summed E-state index contributed by atoms with van der Waals surface area (Å²) in [5.74, 6) is -0.00798. The molecule has 0 aromatic heterocycles. The Kier molecular flexibility index (Phi) is 4.79. The van der Waals surface area contributed by atoms with Gasteiger partial charge in [-0.2, -0.15) is 0 Å². The second-order valence-electron chi connectivity index (χ2n) is 4.61. The fraction of sp³-hybridized carbons (Fsp3) is 0.538. The van der Waals surface area contributed by atoms with Crippen LogP contribution in [0.1, 0.15) is 17.5 Å². The molecule has 0 amide bonds. The molecule has 0 bridgehead atoms. The van der Waals surface area contributed by atoms with E-state index in [0.717, 1.165) is 30.6 Å². The van der Waals surface area contributed by atoms with Crippen LogP contribution in [-0.2, 0) is 27.7 Å². The number of aryl methyl sites for hydroxylation is 1. The van der Waals surface area contributed by atoms with Crippen molar-refractivity contribution >= 4 is 15.7 Å². The summed E-state index contributed by atoms with van der Waals surface area (Å²) in [4.78, 5) is 0. The first kappa shape index (κ1) is 14.3. The van der Waals surface area contributed by atoms with Gasteiger partial charge in [0.15, 0.2) is 0 Å². The minimum absolute atomic E-state index is 0.00798. The van der Waals surface area contributed by atoms with Gasteiger partial charge >= 0.3 is 0 Å². The van der Waals surface area contributed by atoms with Gasteiger partial charge in [-0.25, -0.2) is 13.1 Å². The Morgan fingerprint density at radius 2 is 2.26 bits per heavy atom. The van der Waals surface area contributed by atoms with Gasteiger partial charge in [0.2, 0.25) is 10.0 Å². The fourth-order valence-corrected chi connectivity index (χ4v) is 3.09. The SMILES string of the molecule is COCCS(=O)(=O)NCc1cccc2c1NCCC2. The van der Waals surface area contributed by atoms with E-state index in [1.54, 1.807) is 0 Å². The van der Waals surface area contributed by atoms with Crippen LogP contribution in [0.5, 0.6) is 0 Å². The van der Waals surface area contributed by atoms with Crippen LogP contribution in [0.4, 0.5) is 5.69 Å². The largest absolute Gasteiger partial charge is 0.385 e. The van der Waals surface area contributed by atoms with E-state index < -0.39 is 10.0 Å². The minimum atomic E-state index is -3.27. The highest BCUT2D eigenvalue weighted by atomic mass is 32.2. The van der Waals surface area contributed by atoms with E-state index >= 15 is 0 Å². The molecule has 0 saturated carbocycles. The number of sulfonamides is 1. The van der Waals surface area contributed by atoms with Crippen LogP contribution < -0.4 is 10.0 Å². The molecule has 2 N–H and O–H groups in total. The zero-order chi connectivity index (χ0) is 13.7. The highest BCUT2D eigenvalue weighted by molar-refractivity contribution is 7.89. The summed E-state index contributed by atoms with van der Waals surface area (Å²) in [6, 6.07) is 6.02. The molecule has 2 rings (SSSR count). The molecule has 1 aliphatic rings. The summed E-state index contributed by atoms with van der Waals surface area (Å²) < 4.78 is 30.8. The molecule has 0 fully saturated rings. The van der Waals surface area contributed by atoms with Crippen molar-refractivity contribution in [3.05, 3.63) is 29.3 Å². The van der Waals surface area contributed by atoms with Crippen LogP contribution in [0.15, 0.2) is 18.2 Å². The van der Waals surface area contributed by atoms with Crippen molar-refractivity contribution in [2.75, 3.05) is 31.3 Å². The number of rotatable bonds is 6. The van der Waals surface area contributed by atoms with Gasteiger partial charge in [-0.05, 0) is 24.0 Å². The van der Waals surface area contributed by atoms with Crippen molar-refractivity contribution in [2.24, 2.45) is 0 Å². The number of nitrogens with one attached hydrogen (secondary N) is 2. The van der Waals surface area contributed by atoms with Crippen LogP contribution >= 0.6 is 0 Å². The van der Waals surface area contributed by atoms with E-state index in [1.165, 1.54) is 12.7 Å². The third-order valence-electron chi connectivity index (χ3n) is 3.20. The van der Waals surface area contributed by atoms with Gasteiger partial charge in [0, 0.05) is 25.9 Å². The lowest BCUT2D eigenvalue weighted by molar-refractivity contribution is 0.217. The predicted molar refractivity (Wildman–Crippen MR) is 75.8 cm³/mol. The second kappa shape index (κ2) is 6.36. The highest BCUT2D eigenvalue weighted by Crippen LogP contribution is 2.25. The van der Waals surface area contributed by atoms with E-state index in [4.69, 9.17) is 4.74 Å². The summed E-state index contributed by atoms with van der Waals surface area (Å²) >= 11 is 0. The molecule has 1 aromatic carbocycles. The smallest absolute Gasteiger partial charge is 0.214 e. The number of anilines is 1. The summed E-state index contributed by atoms with van der Waals surface area (Å²) in [6.07, 6.45) is 2.17. The Morgan fingerprint density at radius 3 is 3.05 bits per heavy atom. The van der Waals surface area contributed by atoms with E-state index in [9.17, 15) is 8.42 Å². The van der Waals surface area contributed by atoms with Crippen LogP contribution in [0.25, 0.3) is 0 Å². The quantitative estimate of drug-likeness (QED) is 0.821. The molecular formula is C13H20N2O3S. The Morgan fingerprint density at radius 1 is 1.42 bits per heavy atom. The topological polar surface area (TPSA) is 67.4 Å². The molecule has 0 saturated heterocycles. The maximum absolute atomic E-state index is 11.7. The van der Waals surface area contributed by atoms with Crippen LogP contribution in [-0.4, -0.2) is 34.4 Å². The molecule has 6 heteroatoms. The number of methoxy groups -OCH3 is 1. The first-order valence-electron chi connectivity index (χ1n) is 6.43. The summed E-state index contributed by atoms with van der Waals surface area (Å²) in [5.41, 5.74) is 3.35. The van der Waals surface area contributed by atoms with Gasteiger partial charge in [-0.3, -0.25) is 0 Å². The highest BCUT2D eigenvalue weighted by Gasteiger charge is 2.14. The average molecular weight is 284 g/mol. The number of para-hydroxylation sites is 1. The normalized spacial score (nSPS) is 14.8. The molecule has 1 aromatic rings. The van der Waals surface area contributed by atoms with Crippen molar-refractivity contribution in [3.63, 3.8) is 0 Å². The molecule has 0 atom stereocenters. The minimum Gasteiger partial charge on any atom is -0.385 e. The van der Waals surface area contributed by atoms with Crippen molar-refractivity contribution in [3.8, 4) is 0 Å². The molecule has 19 heavy (non-hydrogen) atoms. The lowest BCUT2D eigenvalue weighted by Gasteiger charge is -2.21. The molecule has 0 radical (unpaired) electrons. The molecule has 5 nitrogen and oxygen atoms in total. The van der Waals surface area contributed by atoms with Crippen molar-refractivity contribution in [2.45, 2.75) is 19.4 Å². The monoisotopic (exact) mass is 284 g/mol. The first-order chi connectivity index (χ1) is 9.12. The predicted octanol–water partition coefficient (Wildman–Crippen LogP) is 1.11. The van der Waals surface area contributed by atoms with Gasteiger partial charge in [0.25, 0.3) is 0 Å². The molecule has 106 valence electrons. The lowest BCUT2D eigenvalue weighted by atomic mass is 9.99. The maximum atomic E-state index is 11.7. The van der Waals surface area contributed by atoms with Gasteiger partial charge in [-0.15, -0.1) is 0 Å². The molecule has 1 heterocycles. The maximum Gasteiger partial charge on any atom is 0.214 e. The number of fused-ring (bicyclic) bond motifs is 1. The second-order valence-corrected chi connectivity index (χ2v) is 6.54. The summed E-state index contributed by atoms with van der Waals surface area (Å²) in [5, 5.41) is 3.35. The van der Waals surface area contributed by atoms with E-state index in [0.29, 0.717) is 6.54 Å². The Labute approximate surface area is 114 Å². The first-order valence-corrected chi connectivity index (χ1v) is 8.08. The Bertz CT molecular complexity index is 529. The number of benzene rings is 1. The van der Waals surface area contributed by atoms with E-state index in [2.05, 4.69) is 16.1 Å². The molecule has 0 aliphatic carbocycles. The Balaban J connectivity index is 2.04. The fourth-order valence-electron chi connectivity index (χ4n) is 2.18. The van der Waals surface area contributed by atoms with Gasteiger partial charge in [0.1, 0.15) is 0 Å². The third kappa shape index (κ3) is 3.92. The van der Waals surface area contributed by atoms with Gasteiger partial charge < -0.3 is 10.1 Å². The van der Waals surface area contributed by atoms with Crippen molar-refractivity contribution in [1.82, 2.24) is 4.72 Å². The zero-order valence-electron chi connectivity index (χ0n) is 11.1. The van der Waals surface area contributed by atoms with Crippen LogP contribution in [0.3, 0.4) is 0 Å². The lowest BCUT2D eigenvalue weighted by Crippen LogP contribution is -2.28. The van der Waals surface area contributed by atoms with Gasteiger partial charge in [0.05, 0.1) is 12.4 Å². The van der Waals surface area contributed by atoms with E-state index in [-0.39, 0.29) is 12.4 Å². The molecule has 0 unspecified atom stereocenters. The van der Waals surface area contributed by atoms with Gasteiger partial charge in [-0.1, -0.05) is 18.2 Å². The number of ether oxygens (including phenoxy) is 1.